The van der Waals surface area contributed by atoms with Crippen molar-refractivity contribution in [2.24, 2.45) is 0 Å². The van der Waals surface area contributed by atoms with Crippen LogP contribution in [0.15, 0.2) is 27.3 Å². The molecule has 1 heterocycles. The Balaban J connectivity index is 2.30. The van der Waals surface area contributed by atoms with E-state index in [1.54, 1.807) is 12.1 Å². The summed E-state index contributed by atoms with van der Waals surface area (Å²) in [5.74, 6) is -1.18. The Kier molecular flexibility index (Phi) is 5.60. The van der Waals surface area contributed by atoms with Gasteiger partial charge in [-0.2, -0.15) is 0 Å². The second-order valence-corrected chi connectivity index (χ2v) is 4.19. The molecule has 0 unspecified atom stereocenters. The third kappa shape index (κ3) is 5.15. The van der Waals surface area contributed by atoms with Crippen molar-refractivity contribution < 1.29 is 24.2 Å². The summed E-state index contributed by atoms with van der Waals surface area (Å²) >= 11 is 3.13. The molecular formula is C11H12BrNO5. The SMILES string of the molecule is O=C(/C=C/c1ccc(Br)o1)NCC[C@H](O)C(=O)O. The molecule has 0 saturated carbocycles. The summed E-state index contributed by atoms with van der Waals surface area (Å²) in [7, 11) is 0. The zero-order valence-electron chi connectivity index (χ0n) is 9.30. The smallest absolute Gasteiger partial charge is 0.332 e. The number of hydrogen-bond acceptors (Lipinski definition) is 4. The van der Waals surface area contributed by atoms with Gasteiger partial charge in [0.25, 0.3) is 0 Å². The number of rotatable bonds is 6. The standard InChI is InChI=1S/C11H12BrNO5/c12-9-3-1-7(18-9)2-4-10(15)13-6-5-8(14)11(16)17/h1-4,8,14H,5-6H2,(H,13,15)(H,16,17)/b4-2+/t8-/m0/s1. The largest absolute Gasteiger partial charge is 0.479 e. The number of furan rings is 1. The summed E-state index contributed by atoms with van der Waals surface area (Å²) < 4.78 is 5.70. The molecular weight excluding hydrogens is 306 g/mol. The van der Waals surface area contributed by atoms with Crippen LogP contribution in [0.5, 0.6) is 0 Å². The number of hydrogen-bond donors (Lipinski definition) is 3. The number of halogens is 1. The predicted molar refractivity (Wildman–Crippen MR) is 66.7 cm³/mol. The number of carbonyl (C=O) groups is 2. The third-order valence-electron chi connectivity index (χ3n) is 2.00. The first-order valence-corrected chi connectivity index (χ1v) is 5.90. The number of carboxylic acid groups (broad SMARTS) is 1. The molecule has 3 N–H and O–H groups in total. The fraction of sp³-hybridized carbons (Fsp3) is 0.273. The minimum atomic E-state index is -1.46. The van der Waals surface area contributed by atoms with Gasteiger partial charge in [-0.05, 0) is 34.1 Å². The van der Waals surface area contributed by atoms with E-state index in [0.29, 0.717) is 10.4 Å². The molecule has 0 aliphatic rings. The monoisotopic (exact) mass is 317 g/mol. The molecule has 0 aliphatic heterocycles. The second-order valence-electron chi connectivity index (χ2n) is 3.41. The minimum Gasteiger partial charge on any atom is -0.479 e. The highest BCUT2D eigenvalue weighted by atomic mass is 79.9. The summed E-state index contributed by atoms with van der Waals surface area (Å²) in [6.07, 6.45) is 1.24. The normalized spacial score (nSPS) is 12.6. The molecule has 7 heteroatoms. The topological polar surface area (TPSA) is 99.8 Å². The van der Waals surface area contributed by atoms with Gasteiger partial charge in [-0.15, -0.1) is 0 Å². The van der Waals surface area contributed by atoms with Crippen LogP contribution in [0.2, 0.25) is 0 Å². The fourth-order valence-corrected chi connectivity index (χ4v) is 1.41. The van der Waals surface area contributed by atoms with Crippen molar-refractivity contribution in [3.8, 4) is 0 Å². The molecule has 6 nitrogen and oxygen atoms in total. The molecule has 1 rings (SSSR count). The van der Waals surface area contributed by atoms with Crippen LogP contribution in [0.3, 0.4) is 0 Å². The van der Waals surface area contributed by atoms with E-state index >= 15 is 0 Å². The van der Waals surface area contributed by atoms with Crippen molar-refractivity contribution in [2.45, 2.75) is 12.5 Å². The third-order valence-corrected chi connectivity index (χ3v) is 2.42. The van der Waals surface area contributed by atoms with E-state index in [4.69, 9.17) is 14.6 Å². The zero-order valence-corrected chi connectivity index (χ0v) is 10.9. The summed E-state index contributed by atoms with van der Waals surface area (Å²) in [5.41, 5.74) is 0. The number of carboxylic acids is 1. The lowest BCUT2D eigenvalue weighted by molar-refractivity contribution is -0.147. The van der Waals surface area contributed by atoms with E-state index in [1.807, 2.05) is 0 Å². The first-order valence-electron chi connectivity index (χ1n) is 5.11. The van der Waals surface area contributed by atoms with Gasteiger partial charge in [0.05, 0.1) is 0 Å². The Morgan fingerprint density at radius 2 is 2.22 bits per heavy atom. The van der Waals surface area contributed by atoms with Gasteiger partial charge >= 0.3 is 5.97 Å². The first kappa shape index (κ1) is 14.5. The molecule has 0 bridgehead atoms. The molecule has 18 heavy (non-hydrogen) atoms. The molecule has 0 spiro atoms. The van der Waals surface area contributed by atoms with Crippen LogP contribution in [-0.2, 0) is 9.59 Å². The van der Waals surface area contributed by atoms with E-state index in [9.17, 15) is 9.59 Å². The lowest BCUT2D eigenvalue weighted by atomic mass is 10.2. The molecule has 98 valence electrons. The van der Waals surface area contributed by atoms with Crippen LogP contribution >= 0.6 is 15.9 Å². The van der Waals surface area contributed by atoms with Gasteiger partial charge in [-0.1, -0.05) is 0 Å². The molecule has 1 atom stereocenters. The maximum Gasteiger partial charge on any atom is 0.332 e. The minimum absolute atomic E-state index is 0.0405. The van der Waals surface area contributed by atoms with Crippen LogP contribution < -0.4 is 5.32 Å². The number of aliphatic hydroxyl groups excluding tert-OH is 1. The van der Waals surface area contributed by atoms with Crippen molar-refractivity contribution >= 4 is 33.9 Å². The quantitative estimate of drug-likeness (QED) is 0.680. The lowest BCUT2D eigenvalue weighted by Gasteiger charge is -2.05. The number of nitrogens with one attached hydrogen (secondary N) is 1. The second kappa shape index (κ2) is 6.97. The van der Waals surface area contributed by atoms with Crippen LogP contribution in [0.1, 0.15) is 12.2 Å². The predicted octanol–water partition coefficient (Wildman–Crippen LogP) is 1.01. The van der Waals surface area contributed by atoms with E-state index in [1.165, 1.54) is 12.2 Å². The molecule has 0 saturated heterocycles. The Bertz CT molecular complexity index is 454. The molecule has 0 aliphatic carbocycles. The van der Waals surface area contributed by atoms with E-state index in [-0.39, 0.29) is 18.9 Å². The fourth-order valence-electron chi connectivity index (χ4n) is 1.09. The maximum atomic E-state index is 11.3. The van der Waals surface area contributed by atoms with Gasteiger partial charge < -0.3 is 19.9 Å². The Hall–Kier alpha value is -1.60. The van der Waals surface area contributed by atoms with E-state index < -0.39 is 12.1 Å². The molecule has 0 aromatic carbocycles. The van der Waals surface area contributed by atoms with E-state index in [0.717, 1.165) is 0 Å². The zero-order chi connectivity index (χ0) is 13.5. The Morgan fingerprint density at radius 1 is 1.50 bits per heavy atom. The van der Waals surface area contributed by atoms with Gasteiger partial charge in [-0.25, -0.2) is 4.79 Å². The molecule has 0 fully saturated rings. The van der Waals surface area contributed by atoms with Crippen molar-refractivity contribution in [2.75, 3.05) is 6.54 Å². The van der Waals surface area contributed by atoms with Gasteiger partial charge in [-0.3, -0.25) is 4.79 Å². The molecule has 0 radical (unpaired) electrons. The molecule has 1 amide bonds. The highest BCUT2D eigenvalue weighted by Gasteiger charge is 2.12. The van der Waals surface area contributed by atoms with Crippen LogP contribution in [-0.4, -0.2) is 34.7 Å². The number of aliphatic hydroxyl groups is 1. The highest BCUT2D eigenvalue weighted by molar-refractivity contribution is 9.10. The number of carbonyl (C=O) groups excluding carboxylic acids is 1. The van der Waals surface area contributed by atoms with Crippen molar-refractivity contribution in [1.29, 1.82) is 0 Å². The summed E-state index contributed by atoms with van der Waals surface area (Å²) in [6.45, 7) is 0.0818. The van der Waals surface area contributed by atoms with Gasteiger partial charge in [0.1, 0.15) is 5.76 Å². The van der Waals surface area contributed by atoms with Gasteiger partial charge in [0, 0.05) is 19.0 Å². The van der Waals surface area contributed by atoms with Crippen molar-refractivity contribution in [3.05, 3.63) is 28.6 Å². The highest BCUT2D eigenvalue weighted by Crippen LogP contribution is 2.14. The number of amides is 1. The van der Waals surface area contributed by atoms with Crippen molar-refractivity contribution in [3.63, 3.8) is 0 Å². The Labute approximate surface area is 111 Å². The van der Waals surface area contributed by atoms with Crippen LogP contribution in [0.4, 0.5) is 0 Å². The van der Waals surface area contributed by atoms with Crippen molar-refractivity contribution in [1.82, 2.24) is 5.32 Å². The molecule has 1 aromatic rings. The number of aliphatic carboxylic acids is 1. The Morgan fingerprint density at radius 3 is 2.78 bits per heavy atom. The lowest BCUT2D eigenvalue weighted by Crippen LogP contribution is -2.28. The van der Waals surface area contributed by atoms with Gasteiger partial charge in [0.2, 0.25) is 5.91 Å². The molecule has 1 aromatic heterocycles. The maximum absolute atomic E-state index is 11.3. The first-order chi connectivity index (χ1) is 8.49. The van der Waals surface area contributed by atoms with E-state index in [2.05, 4.69) is 21.2 Å². The average molecular weight is 318 g/mol. The average Bonchev–Trinajstić information content (AvgIpc) is 2.72. The summed E-state index contributed by atoms with van der Waals surface area (Å²) in [4.78, 5) is 21.6. The van der Waals surface area contributed by atoms with Gasteiger partial charge in [0.15, 0.2) is 10.8 Å². The summed E-state index contributed by atoms with van der Waals surface area (Å²) in [6, 6.07) is 3.38. The summed E-state index contributed by atoms with van der Waals surface area (Å²) in [5, 5.41) is 19.8. The van der Waals surface area contributed by atoms with Crippen LogP contribution in [0, 0.1) is 0 Å². The van der Waals surface area contributed by atoms with Crippen LogP contribution in [0.25, 0.3) is 6.08 Å².